The van der Waals surface area contributed by atoms with Crippen LogP contribution in [-0.4, -0.2) is 14.6 Å². The number of aliphatic hydroxyl groups excluding tert-OH is 1. The molecule has 2 rings (SSSR count). The van der Waals surface area contributed by atoms with Crippen molar-refractivity contribution in [3.05, 3.63) is 62.9 Å². The standard InChI is InChI=1S/C14H15ClN2O3/c1-2-14(18)11-5-6-16(9-11)8-10-3-4-12(17(19)20)7-13(10)15/h3-7,9,14,18H,2,8H2,1H3. The molecule has 0 aliphatic rings. The highest BCUT2D eigenvalue weighted by atomic mass is 35.5. The number of nitro benzene ring substituents is 1. The highest BCUT2D eigenvalue weighted by Crippen LogP contribution is 2.24. The van der Waals surface area contributed by atoms with Crippen LogP contribution in [0.3, 0.4) is 0 Å². The van der Waals surface area contributed by atoms with Gasteiger partial charge < -0.3 is 9.67 Å². The quantitative estimate of drug-likeness (QED) is 0.677. The van der Waals surface area contributed by atoms with Crippen molar-refractivity contribution in [2.24, 2.45) is 0 Å². The van der Waals surface area contributed by atoms with Gasteiger partial charge >= 0.3 is 0 Å². The zero-order chi connectivity index (χ0) is 14.7. The smallest absolute Gasteiger partial charge is 0.270 e. The molecule has 1 aromatic heterocycles. The molecular formula is C14H15ClN2O3. The highest BCUT2D eigenvalue weighted by Gasteiger charge is 2.11. The van der Waals surface area contributed by atoms with Gasteiger partial charge in [-0.1, -0.05) is 18.5 Å². The first-order chi connectivity index (χ1) is 9.51. The molecule has 0 fully saturated rings. The molecule has 0 saturated heterocycles. The molecule has 20 heavy (non-hydrogen) atoms. The Bertz CT molecular complexity index is 625. The lowest BCUT2D eigenvalue weighted by Gasteiger charge is -2.07. The van der Waals surface area contributed by atoms with Gasteiger partial charge in [0, 0.05) is 31.1 Å². The molecule has 1 unspecified atom stereocenters. The molecule has 6 heteroatoms. The molecule has 0 aliphatic heterocycles. The fraction of sp³-hybridized carbons (Fsp3) is 0.286. The van der Waals surface area contributed by atoms with E-state index in [9.17, 15) is 15.2 Å². The number of halogens is 1. The number of rotatable bonds is 5. The molecule has 0 spiro atoms. The minimum absolute atomic E-state index is 0.0200. The van der Waals surface area contributed by atoms with Gasteiger partial charge in [-0.25, -0.2) is 0 Å². The minimum atomic E-state index is -0.471. The summed E-state index contributed by atoms with van der Waals surface area (Å²) in [4.78, 5) is 10.2. The van der Waals surface area contributed by atoms with Gasteiger partial charge in [0.15, 0.2) is 0 Å². The van der Waals surface area contributed by atoms with Gasteiger partial charge in [-0.15, -0.1) is 0 Å². The van der Waals surface area contributed by atoms with Crippen LogP contribution in [0.1, 0.15) is 30.6 Å². The summed E-state index contributed by atoms with van der Waals surface area (Å²) >= 11 is 6.05. The predicted molar refractivity (Wildman–Crippen MR) is 76.9 cm³/mol. The maximum absolute atomic E-state index is 10.6. The molecule has 1 aromatic carbocycles. The van der Waals surface area contributed by atoms with Crippen molar-refractivity contribution in [3.63, 3.8) is 0 Å². The number of hydrogen-bond donors (Lipinski definition) is 1. The van der Waals surface area contributed by atoms with E-state index in [2.05, 4.69) is 0 Å². The topological polar surface area (TPSA) is 68.3 Å². The van der Waals surface area contributed by atoms with Crippen molar-refractivity contribution >= 4 is 17.3 Å². The van der Waals surface area contributed by atoms with Crippen molar-refractivity contribution in [1.29, 1.82) is 0 Å². The fourth-order valence-corrected chi connectivity index (χ4v) is 2.20. The normalized spacial score (nSPS) is 12.3. The van der Waals surface area contributed by atoms with Crippen molar-refractivity contribution in [2.45, 2.75) is 26.0 Å². The molecule has 0 bridgehead atoms. The molecule has 106 valence electrons. The second-order valence-electron chi connectivity index (χ2n) is 4.57. The summed E-state index contributed by atoms with van der Waals surface area (Å²) in [7, 11) is 0. The first-order valence-corrected chi connectivity index (χ1v) is 6.65. The molecule has 0 aliphatic carbocycles. The first-order valence-electron chi connectivity index (χ1n) is 6.27. The first kappa shape index (κ1) is 14.6. The van der Waals surface area contributed by atoms with Gasteiger partial charge in [-0.05, 0) is 29.7 Å². The number of aromatic nitrogens is 1. The predicted octanol–water partition coefficient (Wildman–Crippen LogP) is 3.54. The van der Waals surface area contributed by atoms with Crippen molar-refractivity contribution in [3.8, 4) is 0 Å². The van der Waals surface area contributed by atoms with Gasteiger partial charge in [0.05, 0.1) is 16.0 Å². The Morgan fingerprint density at radius 2 is 2.20 bits per heavy atom. The Morgan fingerprint density at radius 1 is 1.45 bits per heavy atom. The van der Waals surface area contributed by atoms with Crippen LogP contribution < -0.4 is 0 Å². The number of aliphatic hydroxyl groups is 1. The number of nitrogens with zero attached hydrogens (tertiary/aromatic N) is 2. The van der Waals surface area contributed by atoms with Gasteiger partial charge in [0.25, 0.3) is 5.69 Å². The van der Waals surface area contributed by atoms with E-state index in [0.717, 1.165) is 11.1 Å². The van der Waals surface area contributed by atoms with Gasteiger partial charge in [-0.3, -0.25) is 10.1 Å². The summed E-state index contributed by atoms with van der Waals surface area (Å²) in [6.45, 7) is 2.42. The maximum Gasteiger partial charge on any atom is 0.270 e. The fourth-order valence-electron chi connectivity index (χ4n) is 1.97. The molecule has 1 heterocycles. The monoisotopic (exact) mass is 294 g/mol. The van der Waals surface area contributed by atoms with Crippen LogP contribution in [0.4, 0.5) is 5.69 Å². The van der Waals surface area contributed by atoms with Crippen LogP contribution in [0.25, 0.3) is 0 Å². The summed E-state index contributed by atoms with van der Waals surface area (Å²) in [5, 5.41) is 20.8. The number of non-ortho nitro benzene ring substituents is 1. The summed E-state index contributed by atoms with van der Waals surface area (Å²) in [6.07, 6.45) is 3.89. The molecule has 5 nitrogen and oxygen atoms in total. The molecular weight excluding hydrogens is 280 g/mol. The van der Waals surface area contributed by atoms with E-state index in [1.807, 2.05) is 30.0 Å². The van der Waals surface area contributed by atoms with Crippen LogP contribution in [-0.2, 0) is 6.54 Å². The number of hydrogen-bond acceptors (Lipinski definition) is 3. The van der Waals surface area contributed by atoms with E-state index in [1.54, 1.807) is 6.07 Å². The Hall–Kier alpha value is -1.85. The molecule has 0 radical (unpaired) electrons. The van der Waals surface area contributed by atoms with Crippen LogP contribution in [0.5, 0.6) is 0 Å². The second-order valence-corrected chi connectivity index (χ2v) is 4.98. The third-order valence-corrected chi connectivity index (χ3v) is 3.50. The lowest BCUT2D eigenvalue weighted by atomic mass is 10.1. The van der Waals surface area contributed by atoms with E-state index >= 15 is 0 Å². The molecule has 0 saturated carbocycles. The Balaban J connectivity index is 2.18. The van der Waals surface area contributed by atoms with E-state index in [0.29, 0.717) is 18.0 Å². The SMILES string of the molecule is CCC(O)c1ccn(Cc2ccc([N+](=O)[O-])cc2Cl)c1. The summed E-state index contributed by atoms with van der Waals surface area (Å²) in [5.41, 5.74) is 1.63. The average Bonchev–Trinajstić information content (AvgIpc) is 2.88. The van der Waals surface area contributed by atoms with E-state index < -0.39 is 11.0 Å². The largest absolute Gasteiger partial charge is 0.388 e. The lowest BCUT2D eigenvalue weighted by Crippen LogP contribution is -1.99. The average molecular weight is 295 g/mol. The zero-order valence-corrected chi connectivity index (χ0v) is 11.7. The van der Waals surface area contributed by atoms with Crippen LogP contribution in [0, 0.1) is 10.1 Å². The Morgan fingerprint density at radius 3 is 2.80 bits per heavy atom. The summed E-state index contributed by atoms with van der Waals surface area (Å²) < 4.78 is 1.89. The number of nitro groups is 1. The number of benzene rings is 1. The summed E-state index contributed by atoms with van der Waals surface area (Å²) in [6, 6.07) is 6.29. The van der Waals surface area contributed by atoms with E-state index in [1.165, 1.54) is 12.1 Å². The Kier molecular flexibility index (Phi) is 4.42. The van der Waals surface area contributed by atoms with Crippen LogP contribution >= 0.6 is 11.6 Å². The van der Waals surface area contributed by atoms with Gasteiger partial charge in [0.1, 0.15) is 0 Å². The van der Waals surface area contributed by atoms with Crippen LogP contribution in [0.2, 0.25) is 5.02 Å². The Labute approximate surface area is 121 Å². The molecule has 1 atom stereocenters. The molecule has 0 amide bonds. The van der Waals surface area contributed by atoms with E-state index in [4.69, 9.17) is 11.6 Å². The third-order valence-electron chi connectivity index (χ3n) is 3.15. The summed E-state index contributed by atoms with van der Waals surface area (Å²) in [5.74, 6) is 0. The van der Waals surface area contributed by atoms with Crippen molar-refractivity contribution < 1.29 is 10.0 Å². The molecule has 1 N–H and O–H groups in total. The minimum Gasteiger partial charge on any atom is -0.388 e. The van der Waals surface area contributed by atoms with Gasteiger partial charge in [-0.2, -0.15) is 0 Å². The van der Waals surface area contributed by atoms with Crippen molar-refractivity contribution in [2.75, 3.05) is 0 Å². The third kappa shape index (κ3) is 3.18. The van der Waals surface area contributed by atoms with Crippen LogP contribution in [0.15, 0.2) is 36.7 Å². The van der Waals surface area contributed by atoms with Crippen molar-refractivity contribution in [1.82, 2.24) is 4.57 Å². The maximum atomic E-state index is 10.6. The lowest BCUT2D eigenvalue weighted by molar-refractivity contribution is -0.384. The zero-order valence-electron chi connectivity index (χ0n) is 11.0. The van der Waals surface area contributed by atoms with Gasteiger partial charge in [0.2, 0.25) is 0 Å². The molecule has 2 aromatic rings. The second kappa shape index (κ2) is 6.07. The highest BCUT2D eigenvalue weighted by molar-refractivity contribution is 6.31. The van der Waals surface area contributed by atoms with E-state index in [-0.39, 0.29) is 5.69 Å².